The van der Waals surface area contributed by atoms with Crippen molar-refractivity contribution in [3.63, 3.8) is 0 Å². The summed E-state index contributed by atoms with van der Waals surface area (Å²) in [5.74, 6) is 0.962. The van der Waals surface area contributed by atoms with Crippen molar-refractivity contribution in [3.05, 3.63) is 62.9 Å². The molecule has 0 bridgehead atoms. The maximum absolute atomic E-state index is 13.3. The summed E-state index contributed by atoms with van der Waals surface area (Å²) in [6.45, 7) is 1.84. The van der Waals surface area contributed by atoms with E-state index in [-0.39, 0.29) is 24.5 Å². The minimum Gasteiger partial charge on any atom is -0.493 e. The molecule has 1 aliphatic heterocycles. The number of carbonyl (C=O) groups is 1. The van der Waals surface area contributed by atoms with Gasteiger partial charge in [-0.05, 0) is 36.2 Å². The average Bonchev–Trinajstić information content (AvgIpc) is 2.86. The van der Waals surface area contributed by atoms with Crippen LogP contribution in [0.5, 0.6) is 11.5 Å². The molecule has 3 aromatic rings. The minimum atomic E-state index is -0.539. The Hall–Kier alpha value is -3.66. The van der Waals surface area contributed by atoms with Gasteiger partial charge < -0.3 is 19.1 Å². The predicted molar refractivity (Wildman–Crippen MR) is 121 cm³/mol. The first kappa shape index (κ1) is 22.5. The summed E-state index contributed by atoms with van der Waals surface area (Å²) in [5.41, 5.74) is 0.348. The third-order valence-electron chi connectivity index (χ3n) is 5.72. The van der Waals surface area contributed by atoms with Crippen LogP contribution in [-0.2, 0) is 29.0 Å². The molecular formula is C23H26N4O6. The Bertz CT molecular complexity index is 1280. The molecule has 3 heterocycles. The number of hydrogen-bond donors (Lipinski definition) is 0. The fraction of sp³-hybridized carbons (Fsp3) is 0.391. The standard InChI is InChI=1S/C23H26N4O6/c1-31-18-6-5-16(14-19(18)32-2)7-9-26-22(29)21-17(4-3-8-24-21)27(23(26)30)15-20(28)25-10-12-33-13-11-25/h3-6,8,14H,7,9-13,15H2,1-2H3. The van der Waals surface area contributed by atoms with E-state index in [2.05, 4.69) is 4.98 Å². The van der Waals surface area contributed by atoms with E-state index < -0.39 is 11.2 Å². The van der Waals surface area contributed by atoms with Gasteiger partial charge in [-0.1, -0.05) is 6.07 Å². The molecular weight excluding hydrogens is 428 g/mol. The molecule has 4 rings (SSSR count). The summed E-state index contributed by atoms with van der Waals surface area (Å²) < 4.78 is 18.4. The molecule has 1 amide bonds. The number of aromatic nitrogens is 3. The predicted octanol–water partition coefficient (Wildman–Crippen LogP) is 0.677. The molecule has 1 aliphatic rings. The molecule has 1 saturated heterocycles. The van der Waals surface area contributed by atoms with Gasteiger partial charge in [0.2, 0.25) is 5.91 Å². The van der Waals surface area contributed by atoms with Crippen LogP contribution in [-0.4, -0.2) is 65.4 Å². The van der Waals surface area contributed by atoms with Gasteiger partial charge in [0, 0.05) is 25.8 Å². The van der Waals surface area contributed by atoms with Crippen LogP contribution in [0.4, 0.5) is 0 Å². The van der Waals surface area contributed by atoms with E-state index in [1.54, 1.807) is 37.3 Å². The Morgan fingerprint density at radius 3 is 2.55 bits per heavy atom. The third kappa shape index (κ3) is 4.61. The van der Waals surface area contributed by atoms with Crippen LogP contribution in [0.1, 0.15) is 5.56 Å². The quantitative estimate of drug-likeness (QED) is 0.517. The van der Waals surface area contributed by atoms with Crippen molar-refractivity contribution in [2.24, 2.45) is 0 Å². The molecule has 0 unspecified atom stereocenters. The second-order valence-electron chi connectivity index (χ2n) is 7.63. The molecule has 0 spiro atoms. The van der Waals surface area contributed by atoms with Gasteiger partial charge in [0.05, 0.1) is 33.0 Å². The van der Waals surface area contributed by atoms with Crippen LogP contribution in [0.25, 0.3) is 11.0 Å². The first-order chi connectivity index (χ1) is 16.0. The number of ether oxygens (including phenoxy) is 3. The molecule has 33 heavy (non-hydrogen) atoms. The normalized spacial score (nSPS) is 13.8. The zero-order valence-corrected chi connectivity index (χ0v) is 18.7. The zero-order chi connectivity index (χ0) is 23.4. The molecule has 0 aliphatic carbocycles. The van der Waals surface area contributed by atoms with Gasteiger partial charge in [0.1, 0.15) is 6.54 Å². The molecule has 0 N–H and O–H groups in total. The Morgan fingerprint density at radius 2 is 1.82 bits per heavy atom. The van der Waals surface area contributed by atoms with Gasteiger partial charge in [-0.25, -0.2) is 9.78 Å². The molecule has 1 fully saturated rings. The van der Waals surface area contributed by atoms with Gasteiger partial charge in [-0.15, -0.1) is 0 Å². The second-order valence-corrected chi connectivity index (χ2v) is 7.63. The maximum atomic E-state index is 13.3. The van der Waals surface area contributed by atoms with E-state index in [0.29, 0.717) is 49.7 Å². The van der Waals surface area contributed by atoms with Crippen LogP contribution >= 0.6 is 0 Å². The molecule has 10 nitrogen and oxygen atoms in total. The number of methoxy groups -OCH3 is 2. The Kier molecular flexibility index (Phi) is 6.74. The number of nitrogens with zero attached hydrogens (tertiary/aromatic N) is 4. The van der Waals surface area contributed by atoms with Crippen molar-refractivity contribution in [1.82, 2.24) is 19.0 Å². The van der Waals surface area contributed by atoms with Crippen molar-refractivity contribution in [1.29, 1.82) is 0 Å². The summed E-state index contributed by atoms with van der Waals surface area (Å²) in [6.07, 6.45) is 1.91. The van der Waals surface area contributed by atoms with Gasteiger partial charge >= 0.3 is 5.69 Å². The lowest BCUT2D eigenvalue weighted by Crippen LogP contribution is -2.46. The van der Waals surface area contributed by atoms with Gasteiger partial charge in [-0.3, -0.25) is 18.7 Å². The van der Waals surface area contributed by atoms with Crippen molar-refractivity contribution in [2.75, 3.05) is 40.5 Å². The minimum absolute atomic E-state index is 0.130. The molecule has 174 valence electrons. The summed E-state index contributed by atoms with van der Waals surface area (Å²) in [7, 11) is 3.10. The fourth-order valence-electron chi connectivity index (χ4n) is 3.92. The van der Waals surface area contributed by atoms with Crippen LogP contribution in [0.15, 0.2) is 46.1 Å². The molecule has 0 radical (unpaired) electrons. The van der Waals surface area contributed by atoms with E-state index >= 15 is 0 Å². The number of fused-ring (bicyclic) bond motifs is 1. The average molecular weight is 454 g/mol. The zero-order valence-electron chi connectivity index (χ0n) is 18.7. The highest BCUT2D eigenvalue weighted by molar-refractivity contribution is 5.79. The van der Waals surface area contributed by atoms with Gasteiger partial charge in [0.15, 0.2) is 17.0 Å². The highest BCUT2D eigenvalue weighted by Gasteiger charge is 2.21. The summed E-state index contributed by atoms with van der Waals surface area (Å²) >= 11 is 0. The Morgan fingerprint density at radius 1 is 1.06 bits per heavy atom. The van der Waals surface area contributed by atoms with E-state index in [1.165, 1.54) is 10.8 Å². The number of aryl methyl sites for hydroxylation is 1. The number of morpholine rings is 1. The van der Waals surface area contributed by atoms with Crippen molar-refractivity contribution >= 4 is 16.9 Å². The monoisotopic (exact) mass is 454 g/mol. The number of rotatable bonds is 7. The SMILES string of the molecule is COc1ccc(CCn2c(=O)c3ncccc3n(CC(=O)N3CCOCC3)c2=O)cc1OC. The van der Waals surface area contributed by atoms with E-state index in [0.717, 1.165) is 10.1 Å². The van der Waals surface area contributed by atoms with Crippen LogP contribution in [0.3, 0.4) is 0 Å². The van der Waals surface area contributed by atoms with Gasteiger partial charge in [0.25, 0.3) is 5.56 Å². The number of amides is 1. The van der Waals surface area contributed by atoms with Crippen molar-refractivity contribution < 1.29 is 19.0 Å². The number of benzene rings is 1. The second kappa shape index (κ2) is 9.86. The first-order valence-electron chi connectivity index (χ1n) is 10.7. The molecule has 10 heteroatoms. The Labute approximate surface area is 189 Å². The topological polar surface area (TPSA) is 105 Å². The smallest absolute Gasteiger partial charge is 0.332 e. The van der Waals surface area contributed by atoms with Crippen molar-refractivity contribution in [2.45, 2.75) is 19.5 Å². The van der Waals surface area contributed by atoms with E-state index in [1.807, 2.05) is 12.1 Å². The van der Waals surface area contributed by atoms with Gasteiger partial charge in [-0.2, -0.15) is 0 Å². The molecule has 1 aromatic carbocycles. The number of carbonyl (C=O) groups excluding carboxylic acids is 1. The number of pyridine rings is 1. The Balaban J connectivity index is 1.68. The largest absolute Gasteiger partial charge is 0.493 e. The third-order valence-corrected chi connectivity index (χ3v) is 5.72. The maximum Gasteiger partial charge on any atom is 0.332 e. The van der Waals surface area contributed by atoms with Crippen LogP contribution < -0.4 is 20.7 Å². The van der Waals surface area contributed by atoms with E-state index in [9.17, 15) is 14.4 Å². The summed E-state index contributed by atoms with van der Waals surface area (Å²) in [5, 5.41) is 0. The summed E-state index contributed by atoms with van der Waals surface area (Å²) in [4.78, 5) is 45.1. The van der Waals surface area contributed by atoms with Crippen LogP contribution in [0, 0.1) is 0 Å². The fourth-order valence-corrected chi connectivity index (χ4v) is 3.92. The van der Waals surface area contributed by atoms with E-state index in [4.69, 9.17) is 14.2 Å². The van der Waals surface area contributed by atoms with Crippen LogP contribution in [0.2, 0.25) is 0 Å². The highest BCUT2D eigenvalue weighted by atomic mass is 16.5. The lowest BCUT2D eigenvalue weighted by Gasteiger charge is -2.27. The summed E-state index contributed by atoms with van der Waals surface area (Å²) in [6, 6.07) is 8.72. The molecule has 2 aromatic heterocycles. The molecule has 0 atom stereocenters. The lowest BCUT2D eigenvalue weighted by atomic mass is 10.1. The first-order valence-corrected chi connectivity index (χ1v) is 10.7. The number of hydrogen-bond acceptors (Lipinski definition) is 7. The lowest BCUT2D eigenvalue weighted by molar-refractivity contribution is -0.135. The highest BCUT2D eigenvalue weighted by Crippen LogP contribution is 2.27. The van der Waals surface area contributed by atoms with Crippen molar-refractivity contribution in [3.8, 4) is 11.5 Å². The molecule has 0 saturated carbocycles.